The number of anilines is 2. The summed E-state index contributed by atoms with van der Waals surface area (Å²) in [6, 6.07) is 10.7. The Balaban J connectivity index is 1.67. The smallest absolute Gasteiger partial charge is 0.231 e. The largest absolute Gasteiger partial charge is 0.455 e. The SMILES string of the molecule is CC/C=C(\C=C(/NC)Nc1nc(N2CCOCC2)c2oc(C(CC)CCCC(C)CC)cc2n1)c1cccc(C)c1. The maximum Gasteiger partial charge on any atom is 0.231 e. The number of fused-ring (bicyclic) bond motifs is 1. The van der Waals surface area contributed by atoms with E-state index in [9.17, 15) is 0 Å². The summed E-state index contributed by atoms with van der Waals surface area (Å²) < 4.78 is 12.2. The van der Waals surface area contributed by atoms with Gasteiger partial charge in [0.1, 0.15) is 17.1 Å². The summed E-state index contributed by atoms with van der Waals surface area (Å²) in [6.45, 7) is 14.1. The van der Waals surface area contributed by atoms with Crippen LogP contribution in [0.3, 0.4) is 0 Å². The molecule has 1 aromatic carbocycles. The first-order chi connectivity index (χ1) is 19.9. The molecule has 1 aliphatic heterocycles. The summed E-state index contributed by atoms with van der Waals surface area (Å²) in [5.41, 5.74) is 5.19. The van der Waals surface area contributed by atoms with Gasteiger partial charge in [-0.25, -0.2) is 4.98 Å². The number of hydrogen-bond donors (Lipinski definition) is 2. The van der Waals surface area contributed by atoms with E-state index in [1.807, 2.05) is 7.05 Å². The number of nitrogens with zero attached hydrogens (tertiary/aromatic N) is 3. The number of ether oxygens (including phenoxy) is 1. The summed E-state index contributed by atoms with van der Waals surface area (Å²) in [5.74, 6) is 4.38. The van der Waals surface area contributed by atoms with Crippen LogP contribution in [0.15, 0.2) is 52.7 Å². The molecule has 0 saturated carbocycles. The van der Waals surface area contributed by atoms with Crippen molar-refractivity contribution in [2.24, 2.45) is 5.92 Å². The number of allylic oxidation sites excluding steroid dienone is 3. The van der Waals surface area contributed by atoms with Gasteiger partial charge in [0.15, 0.2) is 11.4 Å². The van der Waals surface area contributed by atoms with E-state index in [2.05, 4.69) is 92.6 Å². The van der Waals surface area contributed by atoms with Gasteiger partial charge in [0, 0.05) is 32.1 Å². The summed E-state index contributed by atoms with van der Waals surface area (Å²) in [5, 5.41) is 6.78. The van der Waals surface area contributed by atoms with Crippen molar-refractivity contribution in [3.05, 3.63) is 65.2 Å². The number of benzene rings is 1. The van der Waals surface area contributed by atoms with Crippen molar-refractivity contribution in [3.63, 3.8) is 0 Å². The normalized spacial score (nSPS) is 16.2. The van der Waals surface area contributed by atoms with Gasteiger partial charge in [-0.15, -0.1) is 0 Å². The van der Waals surface area contributed by atoms with E-state index >= 15 is 0 Å². The summed E-state index contributed by atoms with van der Waals surface area (Å²) >= 11 is 0. The molecule has 2 N–H and O–H groups in total. The highest BCUT2D eigenvalue weighted by Crippen LogP contribution is 2.35. The third kappa shape index (κ3) is 8.13. The Morgan fingerprint density at radius 1 is 1.07 bits per heavy atom. The lowest BCUT2D eigenvalue weighted by Crippen LogP contribution is -2.37. The highest BCUT2D eigenvalue weighted by atomic mass is 16.5. The average molecular weight is 560 g/mol. The van der Waals surface area contributed by atoms with Crippen LogP contribution in [0.1, 0.15) is 89.0 Å². The minimum atomic E-state index is 0.381. The third-order valence-electron chi connectivity index (χ3n) is 8.12. The molecule has 3 heterocycles. The minimum absolute atomic E-state index is 0.381. The molecular weight excluding hydrogens is 510 g/mol. The van der Waals surface area contributed by atoms with Crippen molar-refractivity contribution in [1.82, 2.24) is 15.3 Å². The zero-order valence-corrected chi connectivity index (χ0v) is 25.9. The number of aryl methyl sites for hydroxylation is 1. The Bertz CT molecular complexity index is 1320. The maximum absolute atomic E-state index is 6.57. The molecule has 1 saturated heterocycles. The quantitative estimate of drug-likeness (QED) is 0.194. The van der Waals surface area contributed by atoms with Crippen LogP contribution in [0, 0.1) is 12.8 Å². The molecule has 1 fully saturated rings. The minimum Gasteiger partial charge on any atom is -0.455 e. The number of furan rings is 1. The Morgan fingerprint density at radius 2 is 1.88 bits per heavy atom. The fourth-order valence-corrected chi connectivity index (χ4v) is 5.40. The highest BCUT2D eigenvalue weighted by molar-refractivity contribution is 5.86. The van der Waals surface area contributed by atoms with Crippen LogP contribution < -0.4 is 15.5 Å². The van der Waals surface area contributed by atoms with Crippen molar-refractivity contribution in [3.8, 4) is 0 Å². The van der Waals surface area contributed by atoms with Gasteiger partial charge < -0.3 is 24.7 Å². The molecule has 222 valence electrons. The van der Waals surface area contributed by atoms with Crippen LogP contribution in [0.25, 0.3) is 16.7 Å². The first kappa shape index (κ1) is 30.6. The first-order valence-electron chi connectivity index (χ1n) is 15.5. The molecule has 41 heavy (non-hydrogen) atoms. The fourth-order valence-electron chi connectivity index (χ4n) is 5.40. The van der Waals surface area contributed by atoms with Gasteiger partial charge >= 0.3 is 0 Å². The van der Waals surface area contributed by atoms with Crippen LogP contribution in [0.4, 0.5) is 11.8 Å². The number of hydrogen-bond acceptors (Lipinski definition) is 7. The molecule has 0 amide bonds. The van der Waals surface area contributed by atoms with Crippen LogP contribution in [-0.2, 0) is 4.74 Å². The van der Waals surface area contributed by atoms with E-state index in [1.165, 1.54) is 30.4 Å². The molecule has 2 aromatic heterocycles. The predicted molar refractivity (Wildman–Crippen MR) is 171 cm³/mol. The van der Waals surface area contributed by atoms with Gasteiger partial charge in [-0.05, 0) is 49.3 Å². The highest BCUT2D eigenvalue weighted by Gasteiger charge is 2.23. The second-order valence-electron chi connectivity index (χ2n) is 11.3. The monoisotopic (exact) mass is 559 g/mol. The second kappa shape index (κ2) is 15.1. The molecule has 7 heteroatoms. The lowest BCUT2D eigenvalue weighted by atomic mass is 9.93. The number of morpholine rings is 1. The Kier molecular flexibility index (Phi) is 11.3. The lowest BCUT2D eigenvalue weighted by molar-refractivity contribution is 0.122. The zero-order chi connectivity index (χ0) is 29.2. The van der Waals surface area contributed by atoms with Crippen molar-refractivity contribution in [2.75, 3.05) is 43.6 Å². The van der Waals surface area contributed by atoms with Gasteiger partial charge in [-0.1, -0.05) is 82.9 Å². The number of rotatable bonds is 14. The van der Waals surface area contributed by atoms with E-state index < -0.39 is 0 Å². The van der Waals surface area contributed by atoms with E-state index in [0.29, 0.717) is 25.1 Å². The van der Waals surface area contributed by atoms with Crippen LogP contribution in [0.5, 0.6) is 0 Å². The van der Waals surface area contributed by atoms with E-state index in [4.69, 9.17) is 19.1 Å². The third-order valence-corrected chi connectivity index (χ3v) is 8.12. The van der Waals surface area contributed by atoms with Crippen molar-refractivity contribution in [2.45, 2.75) is 79.1 Å². The number of nitrogens with one attached hydrogen (secondary N) is 2. The molecule has 3 aromatic rings. The topological polar surface area (TPSA) is 75.5 Å². The van der Waals surface area contributed by atoms with E-state index in [0.717, 1.165) is 72.3 Å². The van der Waals surface area contributed by atoms with E-state index in [-0.39, 0.29) is 0 Å². The molecule has 0 spiro atoms. The van der Waals surface area contributed by atoms with Crippen LogP contribution in [-0.4, -0.2) is 43.3 Å². The molecule has 4 rings (SSSR count). The molecular formula is C34H49N5O2. The molecule has 1 aliphatic rings. The maximum atomic E-state index is 6.57. The van der Waals surface area contributed by atoms with Gasteiger partial charge in [-0.3, -0.25) is 0 Å². The zero-order valence-electron chi connectivity index (χ0n) is 25.9. The van der Waals surface area contributed by atoms with Crippen molar-refractivity contribution >= 4 is 28.4 Å². The second-order valence-corrected chi connectivity index (χ2v) is 11.3. The summed E-state index contributed by atoms with van der Waals surface area (Å²) in [7, 11) is 1.92. The van der Waals surface area contributed by atoms with Crippen LogP contribution >= 0.6 is 0 Å². The van der Waals surface area contributed by atoms with Gasteiger partial charge in [0.2, 0.25) is 5.95 Å². The van der Waals surface area contributed by atoms with Crippen LogP contribution in [0.2, 0.25) is 0 Å². The molecule has 0 bridgehead atoms. The van der Waals surface area contributed by atoms with Gasteiger partial charge in [0.25, 0.3) is 0 Å². The Morgan fingerprint density at radius 3 is 2.56 bits per heavy atom. The molecule has 2 atom stereocenters. The Hall–Kier alpha value is -3.32. The standard InChI is InChI=1S/C34H49N5O2/c1-7-12-27(28-16-11-14-25(5)21-28)22-31(35-6)37-34-36-29-23-30(26(9-3)15-10-13-24(4)8-2)41-32(29)33(38-34)39-17-19-40-20-18-39/h11-12,14,16,21-24,26,35H,7-10,13,15,17-20H2,1-6H3,(H,36,37,38)/b27-12+,31-22+. The van der Waals surface area contributed by atoms with Gasteiger partial charge in [-0.2, -0.15) is 4.98 Å². The molecule has 0 radical (unpaired) electrons. The predicted octanol–water partition coefficient (Wildman–Crippen LogP) is 8.04. The lowest BCUT2D eigenvalue weighted by Gasteiger charge is -2.28. The molecule has 7 nitrogen and oxygen atoms in total. The summed E-state index contributed by atoms with van der Waals surface area (Å²) in [4.78, 5) is 12.2. The van der Waals surface area contributed by atoms with Crippen molar-refractivity contribution in [1.29, 1.82) is 0 Å². The van der Waals surface area contributed by atoms with Crippen molar-refractivity contribution < 1.29 is 9.15 Å². The Labute approximate surface area is 246 Å². The van der Waals surface area contributed by atoms with E-state index in [1.54, 1.807) is 0 Å². The van der Waals surface area contributed by atoms with Gasteiger partial charge in [0.05, 0.1) is 13.2 Å². The molecule has 2 unspecified atom stereocenters. The fraction of sp³-hybridized carbons (Fsp3) is 0.529. The number of aromatic nitrogens is 2. The average Bonchev–Trinajstić information content (AvgIpc) is 3.42. The molecule has 0 aliphatic carbocycles. The summed E-state index contributed by atoms with van der Waals surface area (Å²) in [6.07, 6.45) is 11.2. The first-order valence-corrected chi connectivity index (χ1v) is 15.5.